The molecule has 34 heavy (non-hydrogen) atoms. The topological polar surface area (TPSA) is 67.9 Å². The first kappa shape index (κ1) is 22.8. The number of rotatable bonds is 4. The first-order valence-electron chi connectivity index (χ1n) is 11.9. The average molecular weight is 479 g/mol. The summed E-state index contributed by atoms with van der Waals surface area (Å²) in [4.78, 5) is 28.8. The third kappa shape index (κ3) is 4.67. The van der Waals surface area contributed by atoms with Crippen LogP contribution in [0, 0.1) is 5.92 Å². The fourth-order valence-corrected chi connectivity index (χ4v) is 6.46. The Balaban J connectivity index is 1.23. The maximum Gasteiger partial charge on any atom is 0.260 e. The van der Waals surface area contributed by atoms with E-state index in [1.165, 1.54) is 0 Å². The summed E-state index contributed by atoms with van der Waals surface area (Å²) in [5.41, 5.74) is 2.02. The van der Waals surface area contributed by atoms with E-state index in [1.807, 2.05) is 73.5 Å². The Morgan fingerprint density at radius 2 is 1.88 bits per heavy atom. The predicted molar refractivity (Wildman–Crippen MR) is 134 cm³/mol. The van der Waals surface area contributed by atoms with E-state index in [1.54, 1.807) is 11.8 Å². The molecule has 0 aromatic heterocycles. The van der Waals surface area contributed by atoms with E-state index in [-0.39, 0.29) is 29.8 Å². The summed E-state index contributed by atoms with van der Waals surface area (Å²) in [6.45, 7) is 3.08. The van der Waals surface area contributed by atoms with Crippen LogP contribution in [0.4, 0.5) is 0 Å². The van der Waals surface area contributed by atoms with Crippen molar-refractivity contribution in [3.63, 3.8) is 0 Å². The lowest BCUT2D eigenvalue weighted by Crippen LogP contribution is -2.52. The van der Waals surface area contributed by atoms with Crippen LogP contribution in [0.2, 0.25) is 0 Å². The third-order valence-electron chi connectivity index (χ3n) is 6.95. The molecule has 2 fully saturated rings. The molecule has 7 heteroatoms. The smallest absolute Gasteiger partial charge is 0.260 e. The van der Waals surface area contributed by atoms with Gasteiger partial charge in [-0.05, 0) is 55.5 Å². The summed E-state index contributed by atoms with van der Waals surface area (Å²) in [5, 5.41) is 3.50. The van der Waals surface area contributed by atoms with Gasteiger partial charge in [0, 0.05) is 24.3 Å². The number of carbonyl (C=O) groups excluding carboxylic acids is 2. The molecule has 3 aliphatic rings. The molecular weight excluding hydrogens is 448 g/mol. The summed E-state index contributed by atoms with van der Waals surface area (Å²) in [6, 6.07) is 15.7. The largest absolute Gasteiger partial charge is 0.486 e. The molecule has 4 atom stereocenters. The minimum Gasteiger partial charge on any atom is -0.486 e. The molecule has 0 radical (unpaired) electrons. The van der Waals surface area contributed by atoms with Gasteiger partial charge in [0.1, 0.15) is 13.2 Å². The van der Waals surface area contributed by atoms with Crippen LogP contribution in [0.3, 0.4) is 0 Å². The van der Waals surface area contributed by atoms with Crippen molar-refractivity contribution < 1.29 is 19.1 Å². The van der Waals surface area contributed by atoms with Crippen molar-refractivity contribution >= 4 is 29.7 Å². The van der Waals surface area contributed by atoms with Gasteiger partial charge in [0.2, 0.25) is 5.91 Å². The number of fused-ring (bicyclic) bond motifs is 2. The van der Waals surface area contributed by atoms with Gasteiger partial charge in [-0.15, -0.1) is 11.8 Å². The number of nitrogens with zero attached hydrogens (tertiary/aromatic N) is 1. The maximum atomic E-state index is 13.2. The van der Waals surface area contributed by atoms with E-state index in [2.05, 4.69) is 5.32 Å². The number of amides is 2. The van der Waals surface area contributed by atoms with E-state index >= 15 is 0 Å². The van der Waals surface area contributed by atoms with Gasteiger partial charge in [0.15, 0.2) is 11.5 Å². The van der Waals surface area contributed by atoms with Crippen molar-refractivity contribution in [1.82, 2.24) is 10.2 Å². The highest BCUT2D eigenvalue weighted by atomic mass is 32.2. The van der Waals surface area contributed by atoms with Crippen LogP contribution in [-0.4, -0.2) is 48.3 Å². The lowest BCUT2D eigenvalue weighted by Gasteiger charge is -2.44. The number of nitrogens with one attached hydrogen (secondary N) is 1. The molecule has 2 aromatic rings. The van der Waals surface area contributed by atoms with Crippen LogP contribution in [0.25, 0.3) is 6.08 Å². The summed E-state index contributed by atoms with van der Waals surface area (Å²) in [7, 11) is 1.87. The first-order chi connectivity index (χ1) is 16.5. The first-order valence-corrected chi connectivity index (χ1v) is 12.8. The normalized spacial score (nSPS) is 26.1. The zero-order chi connectivity index (χ0) is 23.7. The second-order valence-electron chi connectivity index (χ2n) is 9.20. The maximum absolute atomic E-state index is 13.2. The standard InChI is InChI=1S/C27H30N2O4S/c1-17(19-8-10-22-23(16-19)33-13-12-32-22)28-26(30)20-9-11-24-21(15-20)29(2)27(31)25(34-24)14-18-6-4-3-5-7-18/h3-8,10,14,16-17,20-21,24H,9,11-13,15H2,1-2H3,(H,28,30)/b25-14+. The van der Waals surface area contributed by atoms with Gasteiger partial charge in [0.05, 0.1) is 10.9 Å². The van der Waals surface area contributed by atoms with Crippen LogP contribution in [-0.2, 0) is 9.59 Å². The fraction of sp³-hybridized carbons (Fsp3) is 0.407. The van der Waals surface area contributed by atoms with Crippen LogP contribution in [0.5, 0.6) is 11.5 Å². The number of carbonyl (C=O) groups is 2. The Hall–Kier alpha value is -2.93. The van der Waals surface area contributed by atoms with Gasteiger partial charge >= 0.3 is 0 Å². The van der Waals surface area contributed by atoms with E-state index in [0.29, 0.717) is 24.9 Å². The Kier molecular flexibility index (Phi) is 6.55. The summed E-state index contributed by atoms with van der Waals surface area (Å²) < 4.78 is 11.3. The van der Waals surface area contributed by atoms with E-state index < -0.39 is 0 Å². The molecular formula is C27H30N2O4S. The van der Waals surface area contributed by atoms with Crippen LogP contribution >= 0.6 is 11.8 Å². The molecule has 1 saturated heterocycles. The van der Waals surface area contributed by atoms with Gasteiger partial charge in [-0.3, -0.25) is 9.59 Å². The van der Waals surface area contributed by atoms with Crippen LogP contribution in [0.15, 0.2) is 53.4 Å². The summed E-state index contributed by atoms with van der Waals surface area (Å²) in [6.07, 6.45) is 4.41. The minimum absolute atomic E-state index is 0.0424. The molecule has 2 amide bonds. The molecule has 6 nitrogen and oxygen atoms in total. The number of ether oxygens (including phenoxy) is 2. The quantitative estimate of drug-likeness (QED) is 0.659. The molecule has 5 rings (SSSR count). The van der Waals surface area contributed by atoms with E-state index in [4.69, 9.17) is 9.47 Å². The highest BCUT2D eigenvalue weighted by Gasteiger charge is 2.43. The molecule has 1 N–H and O–H groups in total. The highest BCUT2D eigenvalue weighted by molar-refractivity contribution is 8.04. The number of hydrogen-bond donors (Lipinski definition) is 1. The molecule has 2 aliphatic heterocycles. The van der Waals surface area contributed by atoms with Gasteiger partial charge in [-0.1, -0.05) is 36.4 Å². The molecule has 2 heterocycles. The van der Waals surface area contributed by atoms with E-state index in [0.717, 1.165) is 40.4 Å². The molecule has 178 valence electrons. The molecule has 2 aromatic carbocycles. The highest BCUT2D eigenvalue weighted by Crippen LogP contribution is 2.43. The summed E-state index contributed by atoms with van der Waals surface area (Å²) >= 11 is 1.67. The van der Waals surface area contributed by atoms with Crippen molar-refractivity contribution in [2.45, 2.75) is 43.5 Å². The van der Waals surface area contributed by atoms with Gasteiger partial charge in [-0.25, -0.2) is 0 Å². The Morgan fingerprint density at radius 3 is 2.68 bits per heavy atom. The Morgan fingerprint density at radius 1 is 1.12 bits per heavy atom. The molecule has 0 spiro atoms. The summed E-state index contributed by atoms with van der Waals surface area (Å²) in [5.74, 6) is 1.47. The number of benzene rings is 2. The zero-order valence-electron chi connectivity index (χ0n) is 19.5. The Bertz CT molecular complexity index is 1100. The zero-order valence-corrected chi connectivity index (χ0v) is 20.3. The van der Waals surface area contributed by atoms with Gasteiger partial charge in [-0.2, -0.15) is 0 Å². The Labute approximate surface area is 204 Å². The lowest BCUT2D eigenvalue weighted by atomic mass is 9.83. The molecule has 1 saturated carbocycles. The van der Waals surface area contributed by atoms with Crippen LogP contribution in [0.1, 0.15) is 43.4 Å². The lowest BCUT2D eigenvalue weighted by molar-refractivity contribution is -0.132. The van der Waals surface area contributed by atoms with Crippen molar-refractivity contribution in [3.8, 4) is 11.5 Å². The SMILES string of the molecule is CC(NC(=O)C1CCC2S/C(=C/c3ccccc3)C(=O)N(C)C2C1)c1ccc2c(c1)OCCO2. The number of thioether (sulfide) groups is 1. The van der Waals surface area contributed by atoms with Gasteiger partial charge < -0.3 is 19.7 Å². The second kappa shape index (κ2) is 9.74. The second-order valence-corrected chi connectivity index (χ2v) is 10.5. The minimum atomic E-state index is -0.137. The van der Waals surface area contributed by atoms with E-state index in [9.17, 15) is 9.59 Å². The number of likely N-dealkylation sites (N-methyl/N-ethyl adjacent to an activating group) is 1. The molecule has 4 unspecified atom stereocenters. The molecule has 1 aliphatic carbocycles. The average Bonchev–Trinajstić information content (AvgIpc) is 2.87. The number of hydrogen-bond acceptors (Lipinski definition) is 5. The van der Waals surface area contributed by atoms with Crippen LogP contribution < -0.4 is 14.8 Å². The monoisotopic (exact) mass is 478 g/mol. The van der Waals surface area contributed by atoms with Crippen molar-refractivity contribution in [2.24, 2.45) is 5.92 Å². The molecule has 0 bridgehead atoms. The third-order valence-corrected chi connectivity index (χ3v) is 8.35. The van der Waals surface area contributed by atoms with Gasteiger partial charge in [0.25, 0.3) is 5.91 Å². The predicted octanol–water partition coefficient (Wildman–Crippen LogP) is 4.42. The van der Waals surface area contributed by atoms with Crippen molar-refractivity contribution in [3.05, 3.63) is 64.6 Å². The van der Waals surface area contributed by atoms with Crippen molar-refractivity contribution in [2.75, 3.05) is 20.3 Å². The fourth-order valence-electron chi connectivity index (χ4n) is 4.98. The van der Waals surface area contributed by atoms with Crippen molar-refractivity contribution in [1.29, 1.82) is 0 Å².